The lowest BCUT2D eigenvalue weighted by Crippen LogP contribution is -1.73. The SMILES string of the molecule is [c]1scc2cncnc12. The topological polar surface area (TPSA) is 25.8 Å². The van der Waals surface area contributed by atoms with Gasteiger partial charge >= 0.3 is 0 Å². The second-order valence-corrected chi connectivity index (χ2v) is 2.34. The van der Waals surface area contributed by atoms with Crippen molar-refractivity contribution in [3.8, 4) is 0 Å². The Morgan fingerprint density at radius 3 is 3.44 bits per heavy atom. The lowest BCUT2D eigenvalue weighted by Gasteiger charge is -1.80. The molecule has 0 bridgehead atoms. The first kappa shape index (κ1) is 4.88. The van der Waals surface area contributed by atoms with Crippen LogP contribution in [-0.2, 0) is 0 Å². The Kier molecular flexibility index (Phi) is 0.960. The lowest BCUT2D eigenvalue weighted by molar-refractivity contribution is 1.23. The zero-order valence-electron chi connectivity index (χ0n) is 4.53. The van der Waals surface area contributed by atoms with Crippen LogP contribution in [-0.4, -0.2) is 9.97 Å². The van der Waals surface area contributed by atoms with E-state index in [1.165, 1.54) is 17.7 Å². The number of aromatic nitrogens is 2. The lowest BCUT2D eigenvalue weighted by atomic mass is 10.4. The first-order valence-electron chi connectivity index (χ1n) is 2.52. The van der Waals surface area contributed by atoms with Gasteiger partial charge in [0.1, 0.15) is 6.33 Å². The summed E-state index contributed by atoms with van der Waals surface area (Å²) in [6, 6.07) is 0. The minimum Gasteiger partial charge on any atom is -0.244 e. The normalized spacial score (nSPS) is 10.2. The Morgan fingerprint density at radius 1 is 1.56 bits per heavy atom. The number of rotatable bonds is 0. The van der Waals surface area contributed by atoms with Crippen LogP contribution in [0.25, 0.3) is 10.9 Å². The molecule has 0 N–H and O–H groups in total. The van der Waals surface area contributed by atoms with Gasteiger partial charge < -0.3 is 0 Å². The minimum atomic E-state index is 0.912. The van der Waals surface area contributed by atoms with Crippen LogP contribution in [0.3, 0.4) is 0 Å². The predicted octanol–water partition coefficient (Wildman–Crippen LogP) is 1.49. The molecule has 0 unspecified atom stereocenters. The van der Waals surface area contributed by atoms with Crippen molar-refractivity contribution in [2.75, 3.05) is 0 Å². The third-order valence-corrected chi connectivity index (χ3v) is 1.77. The highest BCUT2D eigenvalue weighted by atomic mass is 32.1. The predicted molar refractivity (Wildman–Crippen MR) is 36.3 cm³/mol. The van der Waals surface area contributed by atoms with Crippen molar-refractivity contribution in [2.45, 2.75) is 0 Å². The van der Waals surface area contributed by atoms with Crippen molar-refractivity contribution in [1.29, 1.82) is 0 Å². The van der Waals surface area contributed by atoms with E-state index in [4.69, 9.17) is 0 Å². The molecule has 0 spiro atoms. The summed E-state index contributed by atoms with van der Waals surface area (Å²) in [7, 11) is 0. The number of hydrogen-bond acceptors (Lipinski definition) is 3. The van der Waals surface area contributed by atoms with Crippen LogP contribution in [0.15, 0.2) is 17.9 Å². The summed E-state index contributed by atoms with van der Waals surface area (Å²) in [5.41, 5.74) is 0.912. The fourth-order valence-electron chi connectivity index (χ4n) is 0.661. The minimum absolute atomic E-state index is 0.912. The van der Waals surface area contributed by atoms with Crippen LogP contribution in [0, 0.1) is 5.38 Å². The number of nitrogens with zero attached hydrogens (tertiary/aromatic N) is 2. The van der Waals surface area contributed by atoms with Crippen molar-refractivity contribution in [3.05, 3.63) is 23.3 Å². The molecule has 0 fully saturated rings. The van der Waals surface area contributed by atoms with E-state index in [9.17, 15) is 0 Å². The van der Waals surface area contributed by atoms with E-state index in [0.29, 0.717) is 0 Å². The molecule has 2 rings (SSSR count). The van der Waals surface area contributed by atoms with Crippen molar-refractivity contribution >= 4 is 22.2 Å². The van der Waals surface area contributed by atoms with Crippen LogP contribution >= 0.6 is 11.3 Å². The molecule has 0 saturated heterocycles. The maximum absolute atomic E-state index is 3.98. The fourth-order valence-corrected chi connectivity index (χ4v) is 1.30. The summed E-state index contributed by atoms with van der Waals surface area (Å²) < 4.78 is 0. The summed E-state index contributed by atoms with van der Waals surface area (Å²) >= 11 is 1.53. The molecular formula is C6H3N2S. The summed E-state index contributed by atoms with van der Waals surface area (Å²) in [5.74, 6) is 0. The first-order chi connectivity index (χ1) is 4.47. The maximum Gasteiger partial charge on any atom is 0.116 e. The van der Waals surface area contributed by atoms with Crippen LogP contribution < -0.4 is 0 Å². The largest absolute Gasteiger partial charge is 0.244 e. The summed E-state index contributed by atoms with van der Waals surface area (Å²) in [5, 5.41) is 6.06. The highest BCUT2D eigenvalue weighted by molar-refractivity contribution is 7.08. The molecule has 2 aromatic rings. The molecular weight excluding hydrogens is 132 g/mol. The van der Waals surface area contributed by atoms with Gasteiger partial charge in [0, 0.05) is 17.0 Å². The van der Waals surface area contributed by atoms with E-state index >= 15 is 0 Å². The first-order valence-corrected chi connectivity index (χ1v) is 3.40. The van der Waals surface area contributed by atoms with Gasteiger partial charge in [-0.25, -0.2) is 9.97 Å². The van der Waals surface area contributed by atoms with Gasteiger partial charge in [-0.2, -0.15) is 0 Å². The van der Waals surface area contributed by atoms with Crippen LogP contribution in [0.4, 0.5) is 0 Å². The van der Waals surface area contributed by atoms with Gasteiger partial charge in [0.2, 0.25) is 0 Å². The quantitative estimate of drug-likeness (QED) is 0.547. The molecule has 2 heterocycles. The van der Waals surface area contributed by atoms with Crippen molar-refractivity contribution in [3.63, 3.8) is 0 Å². The van der Waals surface area contributed by atoms with Crippen LogP contribution in [0.5, 0.6) is 0 Å². The molecule has 1 radical (unpaired) electrons. The Balaban J connectivity index is 2.95. The number of thiophene rings is 1. The van der Waals surface area contributed by atoms with Crippen LogP contribution in [0.1, 0.15) is 0 Å². The molecule has 0 saturated carbocycles. The molecule has 2 aromatic heterocycles. The third kappa shape index (κ3) is 0.695. The summed E-state index contributed by atoms with van der Waals surface area (Å²) in [4.78, 5) is 7.85. The molecule has 0 atom stereocenters. The molecule has 0 aromatic carbocycles. The van der Waals surface area contributed by atoms with Crippen LogP contribution in [0.2, 0.25) is 0 Å². The van der Waals surface area contributed by atoms with Crippen molar-refractivity contribution in [1.82, 2.24) is 9.97 Å². The van der Waals surface area contributed by atoms with E-state index in [0.717, 1.165) is 10.9 Å². The second kappa shape index (κ2) is 1.77. The molecule has 0 aliphatic carbocycles. The van der Waals surface area contributed by atoms with Gasteiger partial charge in [0.15, 0.2) is 0 Å². The van der Waals surface area contributed by atoms with E-state index in [-0.39, 0.29) is 0 Å². The average Bonchev–Trinajstić information content (AvgIpc) is 2.33. The molecule has 0 aliphatic rings. The molecule has 2 nitrogen and oxygen atoms in total. The zero-order valence-corrected chi connectivity index (χ0v) is 5.35. The van der Waals surface area contributed by atoms with Crippen molar-refractivity contribution in [2.24, 2.45) is 0 Å². The van der Waals surface area contributed by atoms with E-state index in [2.05, 4.69) is 15.3 Å². The highest BCUT2D eigenvalue weighted by Crippen LogP contribution is 2.12. The average molecular weight is 135 g/mol. The van der Waals surface area contributed by atoms with Gasteiger partial charge in [-0.3, -0.25) is 0 Å². The Bertz CT molecular complexity index is 285. The Labute approximate surface area is 56.2 Å². The standard InChI is InChI=1S/C6H3N2S/c1-5-2-9-3-6(5)8-4-7-1/h1-2,4H. The number of hydrogen-bond donors (Lipinski definition) is 0. The van der Waals surface area contributed by atoms with Gasteiger partial charge in [0.05, 0.1) is 10.9 Å². The zero-order chi connectivity index (χ0) is 6.10. The highest BCUT2D eigenvalue weighted by Gasteiger charge is 1.91. The number of fused-ring (bicyclic) bond motifs is 1. The van der Waals surface area contributed by atoms with E-state index < -0.39 is 0 Å². The molecule has 9 heavy (non-hydrogen) atoms. The summed E-state index contributed by atoms with van der Waals surface area (Å²) in [6.07, 6.45) is 3.32. The smallest absolute Gasteiger partial charge is 0.116 e. The van der Waals surface area contributed by atoms with Gasteiger partial charge in [-0.15, -0.1) is 11.3 Å². The Morgan fingerprint density at radius 2 is 2.56 bits per heavy atom. The maximum atomic E-state index is 3.98. The second-order valence-electron chi connectivity index (χ2n) is 1.66. The third-order valence-electron chi connectivity index (χ3n) is 1.08. The van der Waals surface area contributed by atoms with Crippen molar-refractivity contribution < 1.29 is 0 Å². The van der Waals surface area contributed by atoms with Gasteiger partial charge in [0.25, 0.3) is 0 Å². The monoisotopic (exact) mass is 135 g/mol. The fraction of sp³-hybridized carbons (Fsp3) is 0. The summed E-state index contributed by atoms with van der Waals surface area (Å²) in [6.45, 7) is 0. The molecule has 43 valence electrons. The molecule has 0 amide bonds. The Hall–Kier alpha value is -0.960. The van der Waals surface area contributed by atoms with E-state index in [1.807, 2.05) is 5.38 Å². The molecule has 3 heteroatoms. The van der Waals surface area contributed by atoms with E-state index in [1.54, 1.807) is 6.20 Å². The van der Waals surface area contributed by atoms with Gasteiger partial charge in [-0.05, 0) is 0 Å². The van der Waals surface area contributed by atoms with Gasteiger partial charge in [-0.1, -0.05) is 0 Å². The molecule has 0 aliphatic heterocycles.